The average molecular weight is 384 g/mol. The van der Waals surface area contributed by atoms with E-state index in [1.54, 1.807) is 0 Å². The van der Waals surface area contributed by atoms with Gasteiger partial charge in [-0.05, 0) is 37.7 Å². The summed E-state index contributed by atoms with van der Waals surface area (Å²) in [7, 11) is 6.31. The Balaban J connectivity index is 1.61. The number of nitrogens with one attached hydrogen (secondary N) is 1. The van der Waals surface area contributed by atoms with Crippen LogP contribution in [0.3, 0.4) is 0 Å². The van der Waals surface area contributed by atoms with Crippen LogP contribution in [0, 0.1) is 0 Å². The van der Waals surface area contributed by atoms with E-state index in [4.69, 9.17) is 4.99 Å². The summed E-state index contributed by atoms with van der Waals surface area (Å²) in [5, 5.41) is 3.39. The van der Waals surface area contributed by atoms with E-state index < -0.39 is 0 Å². The van der Waals surface area contributed by atoms with E-state index in [9.17, 15) is 0 Å². The number of piperazine rings is 1. The first-order valence-electron chi connectivity index (χ1n) is 10.0. The van der Waals surface area contributed by atoms with E-state index in [2.05, 4.69) is 88.1 Å². The first-order valence-corrected chi connectivity index (χ1v) is 10.0. The van der Waals surface area contributed by atoms with Crippen LogP contribution in [0.25, 0.3) is 0 Å². The quantitative estimate of drug-likeness (QED) is 0.609. The second kappa shape index (κ2) is 9.59. The highest BCUT2D eigenvalue weighted by atomic mass is 15.3. The molecular formula is C21H33N7. The molecule has 0 atom stereocenters. The zero-order chi connectivity index (χ0) is 19.9. The van der Waals surface area contributed by atoms with E-state index >= 15 is 0 Å². The number of aromatic nitrogens is 2. The molecule has 1 aliphatic rings. The molecule has 0 aromatic carbocycles. The number of rotatable bonds is 6. The molecule has 0 saturated carbocycles. The first-order chi connectivity index (χ1) is 13.6. The highest BCUT2D eigenvalue weighted by molar-refractivity contribution is 5.79. The van der Waals surface area contributed by atoms with Crippen LogP contribution in [0.15, 0.2) is 41.7 Å². The third kappa shape index (κ3) is 5.25. The number of aryl methyl sites for hydroxylation is 1. The molecule has 0 radical (unpaired) electrons. The van der Waals surface area contributed by atoms with Crippen molar-refractivity contribution >= 4 is 11.8 Å². The number of anilines is 1. The zero-order valence-electron chi connectivity index (χ0n) is 17.6. The summed E-state index contributed by atoms with van der Waals surface area (Å²) in [5.41, 5.74) is 2.38. The molecule has 28 heavy (non-hydrogen) atoms. The molecule has 0 bridgehead atoms. The number of guanidine groups is 1. The molecule has 3 rings (SSSR count). The third-order valence-electron chi connectivity index (χ3n) is 5.19. The van der Waals surface area contributed by atoms with Gasteiger partial charge in [-0.15, -0.1) is 0 Å². The maximum atomic E-state index is 4.81. The maximum absolute atomic E-state index is 4.81. The fourth-order valence-corrected chi connectivity index (χ4v) is 3.35. The number of likely N-dealkylation sites (N-methyl/N-ethyl adjacent to an activating group) is 1. The minimum Gasteiger partial charge on any atom is -0.357 e. The van der Waals surface area contributed by atoms with Crippen LogP contribution < -0.4 is 10.2 Å². The van der Waals surface area contributed by atoms with Gasteiger partial charge in [0.15, 0.2) is 5.96 Å². The molecule has 2 aromatic rings. The molecule has 1 fully saturated rings. The highest BCUT2D eigenvalue weighted by Crippen LogP contribution is 2.14. The van der Waals surface area contributed by atoms with Gasteiger partial charge in [-0.2, -0.15) is 0 Å². The van der Waals surface area contributed by atoms with Gasteiger partial charge in [-0.1, -0.05) is 6.07 Å². The Morgan fingerprint density at radius 2 is 1.96 bits per heavy atom. The monoisotopic (exact) mass is 383 g/mol. The molecule has 0 unspecified atom stereocenters. The van der Waals surface area contributed by atoms with Crippen molar-refractivity contribution in [1.29, 1.82) is 0 Å². The van der Waals surface area contributed by atoms with Crippen LogP contribution in [-0.2, 0) is 20.1 Å². The molecule has 7 nitrogen and oxygen atoms in total. The smallest absolute Gasteiger partial charge is 0.194 e. The van der Waals surface area contributed by atoms with Crippen molar-refractivity contribution in [3.8, 4) is 0 Å². The lowest BCUT2D eigenvalue weighted by atomic mass is 10.2. The van der Waals surface area contributed by atoms with Crippen LogP contribution in [0.4, 0.5) is 5.82 Å². The standard InChI is InChI=1S/C21H33N7/c1-5-22-21(27(4)17-19-7-6-10-26(19)3)24-16-18-8-9-20(23-15-18)28-13-11-25(2)12-14-28/h6-10,15H,5,11-14,16-17H2,1-4H3,(H,22,24). The van der Waals surface area contributed by atoms with Crippen LogP contribution in [0.5, 0.6) is 0 Å². The first kappa shape index (κ1) is 20.2. The predicted molar refractivity (Wildman–Crippen MR) is 116 cm³/mol. The van der Waals surface area contributed by atoms with Crippen molar-refractivity contribution in [3.05, 3.63) is 47.9 Å². The Labute approximate surface area is 168 Å². The van der Waals surface area contributed by atoms with Gasteiger partial charge >= 0.3 is 0 Å². The molecule has 1 saturated heterocycles. The normalized spacial score (nSPS) is 15.7. The summed E-state index contributed by atoms with van der Waals surface area (Å²) in [6.07, 6.45) is 4.03. The Hall–Kier alpha value is -2.54. The summed E-state index contributed by atoms with van der Waals surface area (Å²) in [6.45, 7) is 8.63. The molecule has 0 amide bonds. The summed E-state index contributed by atoms with van der Waals surface area (Å²) in [4.78, 5) is 16.3. The van der Waals surface area contributed by atoms with Gasteiger partial charge in [-0.25, -0.2) is 9.98 Å². The lowest BCUT2D eigenvalue weighted by Crippen LogP contribution is -2.44. The Bertz CT molecular complexity index is 757. The van der Waals surface area contributed by atoms with Gasteiger partial charge in [0.2, 0.25) is 0 Å². The van der Waals surface area contributed by atoms with Crippen molar-refractivity contribution in [1.82, 2.24) is 24.7 Å². The van der Waals surface area contributed by atoms with Crippen LogP contribution in [0.1, 0.15) is 18.2 Å². The van der Waals surface area contributed by atoms with Gasteiger partial charge < -0.3 is 24.6 Å². The van der Waals surface area contributed by atoms with Crippen LogP contribution in [0.2, 0.25) is 0 Å². The molecule has 1 aliphatic heterocycles. The van der Waals surface area contributed by atoms with Gasteiger partial charge in [0, 0.05) is 64.9 Å². The SMILES string of the molecule is CCNC(=NCc1ccc(N2CCN(C)CC2)nc1)N(C)Cc1cccn1C. The molecule has 0 aliphatic carbocycles. The lowest BCUT2D eigenvalue weighted by molar-refractivity contribution is 0.312. The van der Waals surface area contributed by atoms with E-state index in [1.807, 2.05) is 6.20 Å². The van der Waals surface area contributed by atoms with Crippen molar-refractivity contribution in [3.63, 3.8) is 0 Å². The predicted octanol–water partition coefficient (Wildman–Crippen LogP) is 1.77. The molecule has 152 valence electrons. The van der Waals surface area contributed by atoms with Gasteiger partial charge in [-0.3, -0.25) is 0 Å². The van der Waals surface area contributed by atoms with E-state index in [-0.39, 0.29) is 0 Å². The van der Waals surface area contributed by atoms with Crippen molar-refractivity contribution in [2.24, 2.45) is 12.0 Å². The fourth-order valence-electron chi connectivity index (χ4n) is 3.35. The summed E-state index contributed by atoms with van der Waals surface area (Å²) < 4.78 is 2.14. The fraction of sp³-hybridized carbons (Fsp3) is 0.524. The van der Waals surface area contributed by atoms with Gasteiger partial charge in [0.25, 0.3) is 0 Å². The van der Waals surface area contributed by atoms with E-state index in [1.165, 1.54) is 5.69 Å². The van der Waals surface area contributed by atoms with Crippen molar-refractivity contribution in [2.75, 3.05) is 51.7 Å². The molecule has 3 heterocycles. The molecule has 0 spiro atoms. The Morgan fingerprint density at radius 1 is 1.18 bits per heavy atom. The Morgan fingerprint density at radius 3 is 2.57 bits per heavy atom. The van der Waals surface area contributed by atoms with Crippen LogP contribution >= 0.6 is 0 Å². The van der Waals surface area contributed by atoms with Crippen molar-refractivity contribution in [2.45, 2.75) is 20.0 Å². The molecule has 7 heteroatoms. The summed E-state index contributed by atoms with van der Waals surface area (Å²) >= 11 is 0. The third-order valence-corrected chi connectivity index (χ3v) is 5.19. The Kier molecular flexibility index (Phi) is 6.92. The van der Waals surface area contributed by atoms with E-state index in [0.717, 1.165) is 56.6 Å². The largest absolute Gasteiger partial charge is 0.357 e. The highest BCUT2D eigenvalue weighted by Gasteiger charge is 2.15. The van der Waals surface area contributed by atoms with Crippen LogP contribution in [-0.4, -0.2) is 72.1 Å². The number of hydrogen-bond acceptors (Lipinski definition) is 4. The number of nitrogens with zero attached hydrogens (tertiary/aromatic N) is 6. The van der Waals surface area contributed by atoms with Gasteiger partial charge in [0.1, 0.15) is 5.82 Å². The number of pyridine rings is 1. The topological polar surface area (TPSA) is 51.9 Å². The number of hydrogen-bond donors (Lipinski definition) is 1. The second-order valence-corrected chi connectivity index (χ2v) is 7.45. The van der Waals surface area contributed by atoms with Gasteiger partial charge in [0.05, 0.1) is 13.1 Å². The minimum atomic E-state index is 0.621. The number of aliphatic imine (C=N–C) groups is 1. The maximum Gasteiger partial charge on any atom is 0.194 e. The molecule has 2 aromatic heterocycles. The zero-order valence-corrected chi connectivity index (χ0v) is 17.6. The average Bonchev–Trinajstić information content (AvgIpc) is 3.10. The second-order valence-electron chi connectivity index (χ2n) is 7.45. The van der Waals surface area contributed by atoms with E-state index in [0.29, 0.717) is 6.54 Å². The summed E-state index contributed by atoms with van der Waals surface area (Å²) in [6, 6.07) is 8.48. The minimum absolute atomic E-state index is 0.621. The lowest BCUT2D eigenvalue weighted by Gasteiger charge is -2.33. The van der Waals surface area contributed by atoms with Crippen molar-refractivity contribution < 1.29 is 0 Å². The summed E-state index contributed by atoms with van der Waals surface area (Å²) in [5.74, 6) is 1.97. The molecular weight excluding hydrogens is 350 g/mol. The molecule has 1 N–H and O–H groups in total.